The highest BCUT2D eigenvalue weighted by Crippen LogP contribution is 2.15. The number of aromatic carboxylic acids is 1. The Bertz CT molecular complexity index is 537. The minimum absolute atomic E-state index is 0.287. The Morgan fingerprint density at radius 2 is 2.35 bits per heavy atom. The fourth-order valence-electron chi connectivity index (χ4n) is 1.44. The predicted octanol–water partition coefficient (Wildman–Crippen LogP) is 2.76. The lowest BCUT2D eigenvalue weighted by Gasteiger charge is -2.05. The van der Waals surface area contributed by atoms with Gasteiger partial charge in [-0.25, -0.2) is 9.78 Å². The average molecular weight is 248 g/mol. The van der Waals surface area contributed by atoms with Crippen molar-refractivity contribution in [2.45, 2.75) is 13.5 Å². The lowest BCUT2D eigenvalue weighted by Crippen LogP contribution is -2.00. The van der Waals surface area contributed by atoms with Crippen LogP contribution in [0.5, 0.6) is 0 Å². The molecule has 0 aliphatic heterocycles. The van der Waals surface area contributed by atoms with Crippen molar-refractivity contribution in [3.63, 3.8) is 0 Å². The first-order valence-corrected chi connectivity index (χ1v) is 5.95. The molecule has 0 aliphatic carbocycles. The number of benzene rings is 1. The molecule has 0 saturated carbocycles. The van der Waals surface area contributed by atoms with E-state index in [1.54, 1.807) is 29.5 Å². The number of carboxylic acid groups (broad SMARTS) is 1. The zero-order chi connectivity index (χ0) is 12.3. The van der Waals surface area contributed by atoms with E-state index in [2.05, 4.69) is 10.3 Å². The Hall–Kier alpha value is -1.88. The molecule has 2 N–H and O–H groups in total. The van der Waals surface area contributed by atoms with Crippen molar-refractivity contribution in [2.75, 3.05) is 5.32 Å². The van der Waals surface area contributed by atoms with Crippen LogP contribution in [0.4, 0.5) is 5.69 Å². The number of rotatable bonds is 4. The van der Waals surface area contributed by atoms with Gasteiger partial charge in [-0.15, -0.1) is 11.3 Å². The largest absolute Gasteiger partial charge is 0.478 e. The maximum absolute atomic E-state index is 10.8. The van der Waals surface area contributed by atoms with Crippen LogP contribution in [0.25, 0.3) is 0 Å². The van der Waals surface area contributed by atoms with E-state index >= 15 is 0 Å². The van der Waals surface area contributed by atoms with Gasteiger partial charge in [0.25, 0.3) is 0 Å². The molecule has 4 nitrogen and oxygen atoms in total. The van der Waals surface area contributed by atoms with Crippen LogP contribution in [0.1, 0.15) is 20.2 Å². The Balaban J connectivity index is 2.04. The first-order valence-electron chi connectivity index (χ1n) is 5.13. The molecule has 0 spiro atoms. The Morgan fingerprint density at radius 3 is 3.00 bits per heavy atom. The number of hydrogen-bond acceptors (Lipinski definition) is 4. The van der Waals surface area contributed by atoms with Gasteiger partial charge >= 0.3 is 5.97 Å². The van der Waals surface area contributed by atoms with Crippen LogP contribution < -0.4 is 5.32 Å². The highest BCUT2D eigenvalue weighted by Gasteiger charge is 2.03. The van der Waals surface area contributed by atoms with Gasteiger partial charge in [0.15, 0.2) is 0 Å². The van der Waals surface area contributed by atoms with Crippen LogP contribution >= 0.6 is 11.3 Å². The molecule has 88 valence electrons. The van der Waals surface area contributed by atoms with E-state index in [0.29, 0.717) is 6.54 Å². The molecule has 0 unspecified atom stereocenters. The molecule has 5 heteroatoms. The highest BCUT2D eigenvalue weighted by molar-refractivity contribution is 7.11. The van der Waals surface area contributed by atoms with E-state index in [9.17, 15) is 4.79 Å². The molecule has 0 atom stereocenters. The molecule has 2 rings (SSSR count). The van der Waals surface area contributed by atoms with Crippen molar-refractivity contribution in [2.24, 2.45) is 0 Å². The minimum Gasteiger partial charge on any atom is -0.478 e. The van der Waals surface area contributed by atoms with Crippen LogP contribution in [-0.2, 0) is 6.54 Å². The summed E-state index contributed by atoms with van der Waals surface area (Å²) in [7, 11) is 0. The molecule has 0 aliphatic rings. The van der Waals surface area contributed by atoms with Gasteiger partial charge in [-0.1, -0.05) is 6.07 Å². The summed E-state index contributed by atoms with van der Waals surface area (Å²) in [6.45, 7) is 2.62. The molecule has 0 fully saturated rings. The molecule has 2 aromatic rings. The number of thiazole rings is 1. The van der Waals surface area contributed by atoms with Crippen molar-refractivity contribution < 1.29 is 9.90 Å². The van der Waals surface area contributed by atoms with Crippen molar-refractivity contribution in [1.29, 1.82) is 0 Å². The molecule has 0 bridgehead atoms. The third kappa shape index (κ3) is 3.04. The zero-order valence-electron chi connectivity index (χ0n) is 9.30. The van der Waals surface area contributed by atoms with Crippen LogP contribution in [0.15, 0.2) is 30.5 Å². The van der Waals surface area contributed by atoms with Gasteiger partial charge in [-0.3, -0.25) is 0 Å². The average Bonchev–Trinajstić information content (AvgIpc) is 2.73. The maximum atomic E-state index is 10.8. The standard InChI is InChI=1S/C12H12N2O2S/c1-8-13-6-11(17-8)7-14-10-4-2-3-9(5-10)12(15)16/h2-6,14H,7H2,1H3,(H,15,16). The van der Waals surface area contributed by atoms with Gasteiger partial charge in [-0.05, 0) is 25.1 Å². The smallest absolute Gasteiger partial charge is 0.335 e. The van der Waals surface area contributed by atoms with Crippen molar-refractivity contribution >= 4 is 23.0 Å². The highest BCUT2D eigenvalue weighted by atomic mass is 32.1. The van der Waals surface area contributed by atoms with E-state index < -0.39 is 5.97 Å². The SMILES string of the molecule is Cc1ncc(CNc2cccc(C(=O)O)c2)s1. The normalized spacial score (nSPS) is 10.2. The lowest BCUT2D eigenvalue weighted by molar-refractivity contribution is 0.0697. The molecular weight excluding hydrogens is 236 g/mol. The number of nitrogens with one attached hydrogen (secondary N) is 1. The minimum atomic E-state index is -0.915. The molecule has 0 saturated heterocycles. The van der Waals surface area contributed by atoms with Gasteiger partial charge in [0.05, 0.1) is 17.1 Å². The summed E-state index contributed by atoms with van der Waals surface area (Å²) >= 11 is 1.63. The number of carbonyl (C=O) groups is 1. The van der Waals surface area contributed by atoms with Crippen LogP contribution in [0, 0.1) is 6.92 Å². The second-order valence-corrected chi connectivity index (χ2v) is 4.90. The molecule has 1 aromatic heterocycles. The number of anilines is 1. The second kappa shape index (κ2) is 4.97. The summed E-state index contributed by atoms with van der Waals surface area (Å²) in [5, 5.41) is 13.1. The van der Waals surface area contributed by atoms with Crippen molar-refractivity contribution in [1.82, 2.24) is 4.98 Å². The summed E-state index contributed by atoms with van der Waals surface area (Å²) in [5.74, 6) is -0.915. The summed E-state index contributed by atoms with van der Waals surface area (Å²) in [5.41, 5.74) is 1.09. The molecule has 1 heterocycles. The summed E-state index contributed by atoms with van der Waals surface area (Å²) in [6.07, 6.45) is 1.83. The van der Waals surface area contributed by atoms with E-state index in [0.717, 1.165) is 15.6 Å². The van der Waals surface area contributed by atoms with E-state index in [1.807, 2.05) is 19.2 Å². The third-order valence-electron chi connectivity index (χ3n) is 2.25. The van der Waals surface area contributed by atoms with E-state index in [-0.39, 0.29) is 5.56 Å². The molecule has 1 aromatic carbocycles. The maximum Gasteiger partial charge on any atom is 0.335 e. The predicted molar refractivity (Wildman–Crippen MR) is 67.6 cm³/mol. The summed E-state index contributed by atoms with van der Waals surface area (Å²) in [4.78, 5) is 16.1. The number of hydrogen-bond donors (Lipinski definition) is 2. The molecular formula is C12H12N2O2S. The lowest BCUT2D eigenvalue weighted by atomic mass is 10.2. The first-order chi connectivity index (χ1) is 8.15. The van der Waals surface area contributed by atoms with E-state index in [4.69, 9.17) is 5.11 Å². The Morgan fingerprint density at radius 1 is 1.53 bits per heavy atom. The van der Waals surface area contributed by atoms with E-state index in [1.165, 1.54) is 0 Å². The Labute approximate surface area is 103 Å². The molecule has 0 amide bonds. The fraction of sp³-hybridized carbons (Fsp3) is 0.167. The second-order valence-electron chi connectivity index (χ2n) is 3.59. The number of aromatic nitrogens is 1. The molecule has 17 heavy (non-hydrogen) atoms. The molecule has 0 radical (unpaired) electrons. The van der Waals surface area contributed by atoms with Crippen molar-refractivity contribution in [3.05, 3.63) is 45.9 Å². The topological polar surface area (TPSA) is 62.2 Å². The van der Waals surface area contributed by atoms with Crippen LogP contribution in [-0.4, -0.2) is 16.1 Å². The van der Waals surface area contributed by atoms with Crippen LogP contribution in [0.3, 0.4) is 0 Å². The summed E-state index contributed by atoms with van der Waals surface area (Å²) in [6, 6.07) is 6.77. The number of nitrogens with zero attached hydrogens (tertiary/aromatic N) is 1. The number of aryl methyl sites for hydroxylation is 1. The van der Waals surface area contributed by atoms with Gasteiger partial charge in [0.2, 0.25) is 0 Å². The van der Waals surface area contributed by atoms with Gasteiger partial charge in [-0.2, -0.15) is 0 Å². The quantitative estimate of drug-likeness (QED) is 0.873. The van der Waals surface area contributed by atoms with Gasteiger partial charge in [0.1, 0.15) is 0 Å². The van der Waals surface area contributed by atoms with Crippen molar-refractivity contribution in [3.8, 4) is 0 Å². The zero-order valence-corrected chi connectivity index (χ0v) is 10.1. The number of carboxylic acids is 1. The fourth-order valence-corrected chi connectivity index (χ4v) is 2.17. The third-order valence-corrected chi connectivity index (χ3v) is 3.16. The monoisotopic (exact) mass is 248 g/mol. The van der Waals surface area contributed by atoms with Crippen LogP contribution in [0.2, 0.25) is 0 Å². The van der Waals surface area contributed by atoms with Gasteiger partial charge in [0, 0.05) is 16.8 Å². The Kier molecular flexibility index (Phi) is 3.39. The summed E-state index contributed by atoms with van der Waals surface area (Å²) < 4.78 is 0. The van der Waals surface area contributed by atoms with Gasteiger partial charge < -0.3 is 10.4 Å². The first kappa shape index (κ1) is 11.6.